The molecular weight excluding hydrogens is 256 g/mol. The standard InChI is InChI=1S/C16H19ClN2/c17-15-9-8-12(16-14(15)7-4-10-18-16)11-19-13-5-2-1-3-6-13/h4,7-10,13,19H,1-3,5-6,11H2. The third kappa shape index (κ3) is 2.90. The van der Waals surface area contributed by atoms with Gasteiger partial charge in [-0.2, -0.15) is 0 Å². The van der Waals surface area contributed by atoms with E-state index >= 15 is 0 Å². The maximum atomic E-state index is 6.22. The Morgan fingerprint density at radius 3 is 2.84 bits per heavy atom. The van der Waals surface area contributed by atoms with Gasteiger partial charge in [0.1, 0.15) is 0 Å². The number of halogens is 1. The van der Waals surface area contributed by atoms with E-state index in [2.05, 4.69) is 16.4 Å². The molecule has 2 aromatic rings. The molecule has 100 valence electrons. The fourth-order valence-corrected chi connectivity index (χ4v) is 3.12. The summed E-state index contributed by atoms with van der Waals surface area (Å²) < 4.78 is 0. The number of rotatable bonds is 3. The highest BCUT2D eigenvalue weighted by Gasteiger charge is 2.13. The molecule has 1 aromatic heterocycles. The molecule has 0 aliphatic heterocycles. The highest BCUT2D eigenvalue weighted by atomic mass is 35.5. The molecule has 3 rings (SSSR count). The minimum absolute atomic E-state index is 0.670. The molecule has 0 atom stereocenters. The van der Waals surface area contributed by atoms with E-state index in [1.165, 1.54) is 37.7 Å². The van der Waals surface area contributed by atoms with Crippen LogP contribution in [0.5, 0.6) is 0 Å². The first kappa shape index (κ1) is 12.9. The van der Waals surface area contributed by atoms with Crippen LogP contribution in [0.1, 0.15) is 37.7 Å². The van der Waals surface area contributed by atoms with E-state index in [-0.39, 0.29) is 0 Å². The zero-order valence-electron chi connectivity index (χ0n) is 11.0. The van der Waals surface area contributed by atoms with Crippen molar-refractivity contribution in [2.24, 2.45) is 0 Å². The topological polar surface area (TPSA) is 24.9 Å². The third-order valence-corrected chi connectivity index (χ3v) is 4.32. The minimum atomic E-state index is 0.670. The largest absolute Gasteiger partial charge is 0.310 e. The third-order valence-electron chi connectivity index (χ3n) is 3.99. The van der Waals surface area contributed by atoms with Gasteiger partial charge in [0.25, 0.3) is 0 Å². The number of aromatic nitrogens is 1. The average molecular weight is 275 g/mol. The van der Waals surface area contributed by atoms with Crippen molar-refractivity contribution in [1.82, 2.24) is 10.3 Å². The Morgan fingerprint density at radius 2 is 2.00 bits per heavy atom. The Labute approximate surface area is 119 Å². The van der Waals surface area contributed by atoms with Gasteiger partial charge in [0.05, 0.1) is 5.52 Å². The molecule has 3 heteroatoms. The summed E-state index contributed by atoms with van der Waals surface area (Å²) in [4.78, 5) is 4.48. The van der Waals surface area contributed by atoms with E-state index in [1.807, 2.05) is 24.4 Å². The van der Waals surface area contributed by atoms with Gasteiger partial charge >= 0.3 is 0 Å². The highest BCUT2D eigenvalue weighted by Crippen LogP contribution is 2.25. The van der Waals surface area contributed by atoms with E-state index < -0.39 is 0 Å². The van der Waals surface area contributed by atoms with E-state index in [9.17, 15) is 0 Å². The molecule has 1 N–H and O–H groups in total. The molecule has 0 bridgehead atoms. The van der Waals surface area contributed by atoms with Gasteiger partial charge in [0.2, 0.25) is 0 Å². The summed E-state index contributed by atoms with van der Waals surface area (Å²) in [5, 5.41) is 5.50. The van der Waals surface area contributed by atoms with Crippen LogP contribution in [0.15, 0.2) is 30.5 Å². The Balaban J connectivity index is 1.79. The second-order valence-corrected chi connectivity index (χ2v) is 5.73. The molecule has 1 aromatic carbocycles. The van der Waals surface area contributed by atoms with E-state index in [0.29, 0.717) is 6.04 Å². The SMILES string of the molecule is Clc1ccc(CNC2CCCCC2)c2ncccc12. The van der Waals surface area contributed by atoms with Crippen LogP contribution in [0.4, 0.5) is 0 Å². The minimum Gasteiger partial charge on any atom is -0.310 e. The van der Waals surface area contributed by atoms with Gasteiger partial charge < -0.3 is 5.32 Å². The average Bonchev–Trinajstić information content (AvgIpc) is 2.48. The van der Waals surface area contributed by atoms with E-state index in [4.69, 9.17) is 11.6 Å². The second kappa shape index (κ2) is 5.89. The first-order valence-corrected chi connectivity index (χ1v) is 7.48. The van der Waals surface area contributed by atoms with Crippen molar-refractivity contribution in [2.75, 3.05) is 0 Å². The summed E-state index contributed by atoms with van der Waals surface area (Å²) in [7, 11) is 0. The molecule has 0 amide bonds. The molecule has 1 fully saturated rings. The highest BCUT2D eigenvalue weighted by molar-refractivity contribution is 6.35. The predicted molar refractivity (Wildman–Crippen MR) is 80.5 cm³/mol. The Hall–Kier alpha value is -1.12. The summed E-state index contributed by atoms with van der Waals surface area (Å²) in [6.45, 7) is 0.884. The van der Waals surface area contributed by atoms with Crippen molar-refractivity contribution in [3.63, 3.8) is 0 Å². The smallest absolute Gasteiger partial charge is 0.0761 e. The molecule has 0 saturated heterocycles. The summed E-state index contributed by atoms with van der Waals surface area (Å²) >= 11 is 6.22. The number of nitrogens with one attached hydrogen (secondary N) is 1. The van der Waals surface area contributed by atoms with Crippen LogP contribution in [0, 0.1) is 0 Å². The molecular formula is C16H19ClN2. The van der Waals surface area contributed by atoms with Crippen LogP contribution >= 0.6 is 11.6 Å². The monoisotopic (exact) mass is 274 g/mol. The number of pyridine rings is 1. The molecule has 19 heavy (non-hydrogen) atoms. The lowest BCUT2D eigenvalue weighted by molar-refractivity contribution is 0.372. The molecule has 1 aliphatic carbocycles. The van der Waals surface area contributed by atoms with Gasteiger partial charge in [0.15, 0.2) is 0 Å². The lowest BCUT2D eigenvalue weighted by Crippen LogP contribution is -2.30. The maximum Gasteiger partial charge on any atom is 0.0761 e. The van der Waals surface area contributed by atoms with Crippen molar-refractivity contribution < 1.29 is 0 Å². The molecule has 0 unspecified atom stereocenters. The zero-order valence-corrected chi connectivity index (χ0v) is 11.8. The lowest BCUT2D eigenvalue weighted by atomic mass is 9.95. The summed E-state index contributed by atoms with van der Waals surface area (Å²) in [6, 6.07) is 8.71. The van der Waals surface area contributed by atoms with Crippen molar-refractivity contribution in [2.45, 2.75) is 44.7 Å². The first-order chi connectivity index (χ1) is 9.34. The molecule has 2 nitrogen and oxygen atoms in total. The number of benzene rings is 1. The quantitative estimate of drug-likeness (QED) is 0.902. The van der Waals surface area contributed by atoms with Crippen molar-refractivity contribution in [1.29, 1.82) is 0 Å². The normalized spacial score (nSPS) is 16.9. The van der Waals surface area contributed by atoms with Crippen molar-refractivity contribution in [3.8, 4) is 0 Å². The van der Waals surface area contributed by atoms with Gasteiger partial charge in [-0.3, -0.25) is 4.98 Å². The fraction of sp³-hybridized carbons (Fsp3) is 0.438. The van der Waals surface area contributed by atoms with Crippen molar-refractivity contribution in [3.05, 3.63) is 41.0 Å². The van der Waals surface area contributed by atoms with Crippen LogP contribution in [-0.2, 0) is 6.54 Å². The Morgan fingerprint density at radius 1 is 1.16 bits per heavy atom. The molecule has 0 spiro atoms. The fourth-order valence-electron chi connectivity index (χ4n) is 2.90. The Kier molecular flexibility index (Phi) is 4.00. The molecule has 1 saturated carbocycles. The predicted octanol–water partition coefficient (Wildman–Crippen LogP) is 4.31. The van der Waals surface area contributed by atoms with Gasteiger partial charge in [-0.25, -0.2) is 0 Å². The molecule has 1 aliphatic rings. The summed E-state index contributed by atoms with van der Waals surface area (Å²) in [5.41, 5.74) is 2.27. The van der Waals surface area contributed by atoms with Gasteiger partial charge in [-0.05, 0) is 36.6 Å². The maximum absolute atomic E-state index is 6.22. The molecule has 1 heterocycles. The van der Waals surface area contributed by atoms with Crippen LogP contribution in [-0.4, -0.2) is 11.0 Å². The number of hydrogen-bond acceptors (Lipinski definition) is 2. The number of hydrogen-bond donors (Lipinski definition) is 1. The number of nitrogens with zero attached hydrogens (tertiary/aromatic N) is 1. The molecule has 0 radical (unpaired) electrons. The Bertz CT molecular complexity index is 562. The summed E-state index contributed by atoms with van der Waals surface area (Å²) in [6.07, 6.45) is 8.55. The first-order valence-electron chi connectivity index (χ1n) is 7.10. The lowest BCUT2D eigenvalue weighted by Gasteiger charge is -2.23. The van der Waals surface area contributed by atoms with Crippen LogP contribution < -0.4 is 5.32 Å². The van der Waals surface area contributed by atoms with Crippen LogP contribution in [0.2, 0.25) is 5.02 Å². The van der Waals surface area contributed by atoms with Crippen LogP contribution in [0.25, 0.3) is 10.9 Å². The van der Waals surface area contributed by atoms with Gasteiger partial charge in [-0.1, -0.05) is 36.9 Å². The van der Waals surface area contributed by atoms with E-state index in [0.717, 1.165) is 22.5 Å². The zero-order chi connectivity index (χ0) is 13.1. The second-order valence-electron chi connectivity index (χ2n) is 5.32. The van der Waals surface area contributed by atoms with Crippen LogP contribution in [0.3, 0.4) is 0 Å². The van der Waals surface area contributed by atoms with Gasteiger partial charge in [-0.15, -0.1) is 0 Å². The van der Waals surface area contributed by atoms with Gasteiger partial charge in [0, 0.05) is 29.2 Å². The van der Waals surface area contributed by atoms with E-state index in [1.54, 1.807) is 0 Å². The summed E-state index contributed by atoms with van der Waals surface area (Å²) in [5.74, 6) is 0. The number of fused-ring (bicyclic) bond motifs is 1. The van der Waals surface area contributed by atoms with Crippen molar-refractivity contribution >= 4 is 22.5 Å².